The first-order chi connectivity index (χ1) is 11.0. The van der Waals surface area contributed by atoms with E-state index in [1.54, 1.807) is 17.4 Å². The second-order valence-electron chi connectivity index (χ2n) is 6.07. The number of nitrogens with one attached hydrogen (secondary N) is 1. The van der Waals surface area contributed by atoms with E-state index in [0.717, 1.165) is 11.1 Å². The number of ether oxygens (including phenoxy) is 1. The number of carbonyl (C=O) groups excluding carboxylic acids is 1. The highest BCUT2D eigenvalue weighted by atomic mass is 32.1. The first kappa shape index (κ1) is 14.2. The van der Waals surface area contributed by atoms with Crippen LogP contribution in [0.4, 0.5) is 10.1 Å². The second-order valence-corrected chi connectivity index (χ2v) is 6.85. The number of halogens is 1. The molecule has 0 radical (unpaired) electrons. The fourth-order valence-electron chi connectivity index (χ4n) is 3.03. The summed E-state index contributed by atoms with van der Waals surface area (Å²) in [4.78, 5) is 12.3. The van der Waals surface area contributed by atoms with Crippen molar-refractivity contribution in [1.82, 2.24) is 0 Å². The molecule has 0 fully saturated rings. The maximum absolute atomic E-state index is 13.4. The highest BCUT2D eigenvalue weighted by Crippen LogP contribution is 2.44. The minimum atomic E-state index is -0.521. The molecule has 1 amide bonds. The van der Waals surface area contributed by atoms with Gasteiger partial charge in [-0.1, -0.05) is 0 Å². The fourth-order valence-corrected chi connectivity index (χ4v) is 3.68. The van der Waals surface area contributed by atoms with Gasteiger partial charge in [0.2, 0.25) is 0 Å². The molecular formula is C18H14FNO2S. The zero-order chi connectivity index (χ0) is 16.2. The summed E-state index contributed by atoms with van der Waals surface area (Å²) in [6.45, 7) is 3.95. The molecular weight excluding hydrogens is 313 g/mol. The van der Waals surface area contributed by atoms with Crippen molar-refractivity contribution in [2.24, 2.45) is 0 Å². The van der Waals surface area contributed by atoms with Gasteiger partial charge < -0.3 is 10.1 Å². The zero-order valence-corrected chi connectivity index (χ0v) is 13.5. The van der Waals surface area contributed by atoms with E-state index in [4.69, 9.17) is 4.74 Å². The molecule has 2 aliphatic heterocycles. The number of thiophene rings is 1. The molecule has 3 heterocycles. The van der Waals surface area contributed by atoms with Crippen LogP contribution in [0.25, 0.3) is 11.1 Å². The molecule has 23 heavy (non-hydrogen) atoms. The first-order valence-electron chi connectivity index (χ1n) is 7.25. The van der Waals surface area contributed by atoms with Crippen LogP contribution in [0, 0.1) is 5.82 Å². The van der Waals surface area contributed by atoms with E-state index in [0.29, 0.717) is 22.6 Å². The van der Waals surface area contributed by atoms with E-state index in [2.05, 4.69) is 10.7 Å². The van der Waals surface area contributed by atoms with Crippen molar-refractivity contribution in [1.29, 1.82) is 0 Å². The van der Waals surface area contributed by atoms with Crippen LogP contribution in [0.15, 0.2) is 46.9 Å². The van der Waals surface area contributed by atoms with Gasteiger partial charge in [-0.3, -0.25) is 4.79 Å². The lowest BCUT2D eigenvalue weighted by atomic mass is 9.94. The largest absolute Gasteiger partial charge is 0.482 e. The van der Waals surface area contributed by atoms with Gasteiger partial charge >= 0.3 is 0 Å². The van der Waals surface area contributed by atoms with Gasteiger partial charge in [-0.05, 0) is 60.5 Å². The average molecular weight is 327 g/mol. The lowest BCUT2D eigenvalue weighted by Gasteiger charge is -2.22. The van der Waals surface area contributed by atoms with E-state index in [1.807, 2.05) is 31.4 Å². The van der Waals surface area contributed by atoms with Crippen LogP contribution >= 0.6 is 11.3 Å². The second kappa shape index (κ2) is 4.80. The van der Waals surface area contributed by atoms with Crippen LogP contribution in [-0.2, 0) is 9.53 Å². The molecule has 0 unspecified atom stereocenters. The number of benzene rings is 1. The van der Waals surface area contributed by atoms with Gasteiger partial charge in [0, 0.05) is 11.1 Å². The van der Waals surface area contributed by atoms with Gasteiger partial charge in [-0.15, -0.1) is 0 Å². The zero-order valence-electron chi connectivity index (χ0n) is 12.6. The highest BCUT2D eigenvalue weighted by Gasteiger charge is 2.38. The van der Waals surface area contributed by atoms with Gasteiger partial charge in [-0.2, -0.15) is 11.3 Å². The molecule has 0 bridgehead atoms. The maximum atomic E-state index is 13.4. The third-order valence-corrected chi connectivity index (χ3v) is 4.78. The van der Waals surface area contributed by atoms with Crippen molar-refractivity contribution in [2.45, 2.75) is 19.4 Å². The van der Waals surface area contributed by atoms with E-state index >= 15 is 0 Å². The van der Waals surface area contributed by atoms with E-state index in [9.17, 15) is 9.18 Å². The predicted molar refractivity (Wildman–Crippen MR) is 89.4 cm³/mol. The number of fused-ring (bicyclic) bond motifs is 1. The lowest BCUT2D eigenvalue weighted by molar-refractivity contribution is -0.111. The van der Waals surface area contributed by atoms with Crippen molar-refractivity contribution >= 4 is 34.1 Å². The molecule has 0 spiro atoms. The molecule has 1 N–H and O–H groups in total. The van der Waals surface area contributed by atoms with Crippen molar-refractivity contribution in [3.63, 3.8) is 0 Å². The number of carbonyl (C=O) groups is 1. The first-order valence-corrected chi connectivity index (χ1v) is 8.19. The standard InChI is InChI=1S/C18H14FNO2S/c1-18(2)13(10-5-6-23-9-10)8-15(22-18)16-12-4-3-11(19)7-14(12)20-17(16)21/h3-9H,1-2H3,(H,20,21). The summed E-state index contributed by atoms with van der Waals surface area (Å²) in [5.74, 6) is -0.115. The van der Waals surface area contributed by atoms with Gasteiger partial charge in [-0.25, -0.2) is 4.39 Å². The SMILES string of the molecule is CC1(C)OC(=C2C(=O)Nc3cc(F)ccc32)C=C1c1ccsc1. The fraction of sp³-hybridized carbons (Fsp3) is 0.167. The Kier molecular flexibility index (Phi) is 2.96. The smallest absolute Gasteiger partial charge is 0.260 e. The van der Waals surface area contributed by atoms with Gasteiger partial charge in [0.05, 0.1) is 11.3 Å². The van der Waals surface area contributed by atoms with Crippen molar-refractivity contribution in [3.05, 3.63) is 63.8 Å². The summed E-state index contributed by atoms with van der Waals surface area (Å²) in [6.07, 6.45) is 1.91. The topological polar surface area (TPSA) is 38.3 Å². The van der Waals surface area contributed by atoms with Crippen molar-refractivity contribution in [3.8, 4) is 0 Å². The average Bonchev–Trinajstić information content (AvgIpc) is 3.15. The molecule has 5 heteroatoms. The minimum absolute atomic E-state index is 0.265. The van der Waals surface area contributed by atoms with Gasteiger partial charge in [0.1, 0.15) is 17.2 Å². The number of anilines is 1. The Morgan fingerprint density at radius 3 is 2.83 bits per heavy atom. The molecule has 0 saturated heterocycles. The highest BCUT2D eigenvalue weighted by molar-refractivity contribution is 7.08. The van der Waals surface area contributed by atoms with Crippen LogP contribution in [0.1, 0.15) is 25.0 Å². The molecule has 0 atom stereocenters. The van der Waals surface area contributed by atoms with Crippen molar-refractivity contribution in [2.75, 3.05) is 5.32 Å². The van der Waals surface area contributed by atoms with Crippen LogP contribution < -0.4 is 5.32 Å². The third-order valence-electron chi connectivity index (χ3n) is 4.09. The molecule has 1 aromatic heterocycles. The number of rotatable bonds is 1. The van der Waals surface area contributed by atoms with E-state index < -0.39 is 5.60 Å². The Labute approximate surface area is 137 Å². The summed E-state index contributed by atoms with van der Waals surface area (Å²) in [6, 6.07) is 6.32. The molecule has 4 rings (SSSR count). The number of hydrogen-bond acceptors (Lipinski definition) is 3. The minimum Gasteiger partial charge on any atom is -0.482 e. The predicted octanol–water partition coefficient (Wildman–Crippen LogP) is 4.44. The third kappa shape index (κ3) is 2.19. The Bertz CT molecular complexity index is 878. The summed E-state index contributed by atoms with van der Waals surface area (Å²) >= 11 is 1.62. The summed E-state index contributed by atoms with van der Waals surface area (Å²) in [7, 11) is 0. The summed E-state index contributed by atoms with van der Waals surface area (Å²) in [5.41, 5.74) is 3.21. The van der Waals surface area contributed by atoms with Crippen LogP contribution in [0.2, 0.25) is 0 Å². The Morgan fingerprint density at radius 2 is 2.09 bits per heavy atom. The van der Waals surface area contributed by atoms with E-state index in [1.165, 1.54) is 12.1 Å². The van der Waals surface area contributed by atoms with E-state index in [-0.39, 0.29) is 11.7 Å². The quantitative estimate of drug-likeness (QED) is 0.786. The van der Waals surface area contributed by atoms with Crippen LogP contribution in [0.3, 0.4) is 0 Å². The van der Waals surface area contributed by atoms with Crippen LogP contribution in [-0.4, -0.2) is 11.5 Å². The Hall–Kier alpha value is -2.40. The molecule has 1 aromatic carbocycles. The van der Waals surface area contributed by atoms with Gasteiger partial charge in [0.25, 0.3) is 5.91 Å². The molecule has 2 aliphatic rings. The monoisotopic (exact) mass is 327 g/mol. The lowest BCUT2D eigenvalue weighted by Crippen LogP contribution is -2.21. The summed E-state index contributed by atoms with van der Waals surface area (Å²) < 4.78 is 19.4. The Morgan fingerprint density at radius 1 is 1.26 bits per heavy atom. The molecule has 2 aromatic rings. The normalized spacial score (nSPS) is 21.7. The number of allylic oxidation sites excluding steroid dienone is 1. The molecule has 3 nitrogen and oxygen atoms in total. The van der Waals surface area contributed by atoms with Gasteiger partial charge in [0.15, 0.2) is 0 Å². The van der Waals surface area contributed by atoms with Crippen molar-refractivity contribution < 1.29 is 13.9 Å². The maximum Gasteiger partial charge on any atom is 0.260 e. The Balaban J connectivity index is 1.88. The molecule has 0 aliphatic carbocycles. The number of amides is 1. The summed E-state index contributed by atoms with van der Waals surface area (Å²) in [5, 5.41) is 6.77. The molecule has 0 saturated carbocycles. The number of hydrogen-bond donors (Lipinski definition) is 1. The van der Waals surface area contributed by atoms with Crippen LogP contribution in [0.5, 0.6) is 0 Å². The molecule has 116 valence electrons.